The second-order valence-corrected chi connectivity index (χ2v) is 8.80. The van der Waals surface area contributed by atoms with E-state index in [0.29, 0.717) is 23.2 Å². The number of aliphatic carboxylic acids is 1. The van der Waals surface area contributed by atoms with Crippen LogP contribution < -0.4 is 4.72 Å². The molecule has 0 radical (unpaired) electrons. The maximum absolute atomic E-state index is 12.7. The fraction of sp³-hybridized carbons (Fsp3) is 0.526. The molecule has 0 saturated heterocycles. The minimum Gasteiger partial charge on any atom is -0.481 e. The van der Waals surface area contributed by atoms with Crippen LogP contribution in [0.5, 0.6) is 0 Å². The molecule has 6 heteroatoms. The number of allylic oxidation sites excluding steroid dienone is 1. The van der Waals surface area contributed by atoms with Gasteiger partial charge in [-0.2, -0.15) is 0 Å². The molecule has 0 spiro atoms. The second-order valence-electron chi connectivity index (χ2n) is 7.08. The number of fused-ring (bicyclic) bond motifs is 2. The van der Waals surface area contributed by atoms with Gasteiger partial charge in [-0.25, -0.2) is 13.1 Å². The monoisotopic (exact) mass is 363 g/mol. The molecule has 0 aliphatic heterocycles. The number of carboxylic acids is 1. The molecule has 2 aliphatic carbocycles. The molecule has 25 heavy (non-hydrogen) atoms. The Hall–Kier alpha value is -1.66. The largest absolute Gasteiger partial charge is 0.481 e. The second kappa shape index (κ2) is 7.70. The summed E-state index contributed by atoms with van der Waals surface area (Å²) in [6, 6.07) is 8.45. The zero-order chi connectivity index (χ0) is 17.9. The van der Waals surface area contributed by atoms with E-state index >= 15 is 0 Å². The highest BCUT2D eigenvalue weighted by atomic mass is 32.2. The molecule has 0 aromatic heterocycles. The molecule has 0 amide bonds. The van der Waals surface area contributed by atoms with E-state index in [1.54, 1.807) is 30.3 Å². The third-order valence-electron chi connectivity index (χ3n) is 5.45. The molecule has 2 saturated carbocycles. The van der Waals surface area contributed by atoms with Gasteiger partial charge in [-0.1, -0.05) is 30.4 Å². The Morgan fingerprint density at radius 1 is 1.20 bits per heavy atom. The van der Waals surface area contributed by atoms with Crippen molar-refractivity contribution in [3.05, 3.63) is 42.5 Å². The van der Waals surface area contributed by atoms with Gasteiger partial charge in [-0.3, -0.25) is 4.79 Å². The summed E-state index contributed by atoms with van der Waals surface area (Å²) in [5, 5.41) is 8.69. The summed E-state index contributed by atoms with van der Waals surface area (Å²) in [5.41, 5.74) is 0. The van der Waals surface area contributed by atoms with E-state index < -0.39 is 16.0 Å². The molecule has 2 aliphatic rings. The van der Waals surface area contributed by atoms with E-state index in [4.69, 9.17) is 5.11 Å². The van der Waals surface area contributed by atoms with Gasteiger partial charge in [0.05, 0.1) is 4.90 Å². The first-order chi connectivity index (χ1) is 12.0. The van der Waals surface area contributed by atoms with Crippen molar-refractivity contribution >= 4 is 16.0 Å². The van der Waals surface area contributed by atoms with Gasteiger partial charge in [-0.15, -0.1) is 0 Å². The van der Waals surface area contributed by atoms with Crippen LogP contribution in [-0.2, 0) is 14.8 Å². The lowest BCUT2D eigenvalue weighted by molar-refractivity contribution is -0.137. The molecule has 3 rings (SSSR count). The number of sulfonamides is 1. The van der Waals surface area contributed by atoms with E-state index in [0.717, 1.165) is 25.7 Å². The average Bonchev–Trinajstić information content (AvgIpc) is 3.17. The summed E-state index contributed by atoms with van der Waals surface area (Å²) in [7, 11) is -3.51. The number of hydrogen-bond acceptors (Lipinski definition) is 3. The Bertz CT molecular complexity index is 729. The van der Waals surface area contributed by atoms with Crippen molar-refractivity contribution in [2.45, 2.75) is 49.5 Å². The molecule has 5 nitrogen and oxygen atoms in total. The topological polar surface area (TPSA) is 83.5 Å². The van der Waals surface area contributed by atoms with E-state index in [1.807, 2.05) is 6.08 Å². The minimum absolute atomic E-state index is 0.0559. The van der Waals surface area contributed by atoms with E-state index in [9.17, 15) is 13.2 Å². The van der Waals surface area contributed by atoms with Gasteiger partial charge in [-0.05, 0) is 62.0 Å². The molecule has 1 aromatic rings. The Balaban J connectivity index is 1.66. The van der Waals surface area contributed by atoms with Crippen LogP contribution in [0.15, 0.2) is 47.4 Å². The van der Waals surface area contributed by atoms with Crippen LogP contribution in [0, 0.1) is 17.8 Å². The first-order valence-corrected chi connectivity index (χ1v) is 10.4. The molecular weight excluding hydrogens is 338 g/mol. The third-order valence-corrected chi connectivity index (χ3v) is 6.92. The summed E-state index contributed by atoms with van der Waals surface area (Å²) in [6.45, 7) is 0. The molecule has 136 valence electrons. The van der Waals surface area contributed by atoms with Crippen LogP contribution in [0.3, 0.4) is 0 Å². The van der Waals surface area contributed by atoms with Crippen molar-refractivity contribution in [3.63, 3.8) is 0 Å². The van der Waals surface area contributed by atoms with Crippen molar-refractivity contribution in [2.75, 3.05) is 0 Å². The first kappa shape index (κ1) is 18.1. The molecule has 1 aromatic carbocycles. The van der Waals surface area contributed by atoms with E-state index in [1.165, 1.54) is 0 Å². The van der Waals surface area contributed by atoms with Crippen LogP contribution in [0.1, 0.15) is 38.5 Å². The number of carboxylic acid groups (broad SMARTS) is 1. The summed E-state index contributed by atoms with van der Waals surface area (Å²) < 4.78 is 28.3. The van der Waals surface area contributed by atoms with Gasteiger partial charge in [0, 0.05) is 12.5 Å². The molecule has 2 N–H and O–H groups in total. The number of unbranched alkanes of at least 4 members (excludes halogenated alkanes) is 1. The highest BCUT2D eigenvalue weighted by Gasteiger charge is 2.47. The maximum Gasteiger partial charge on any atom is 0.303 e. The lowest BCUT2D eigenvalue weighted by Crippen LogP contribution is -2.43. The van der Waals surface area contributed by atoms with E-state index in [2.05, 4.69) is 10.8 Å². The predicted molar refractivity (Wildman–Crippen MR) is 95.5 cm³/mol. The molecular formula is C19H25NO4S. The minimum atomic E-state index is -3.51. The summed E-state index contributed by atoms with van der Waals surface area (Å²) in [4.78, 5) is 10.9. The Morgan fingerprint density at radius 2 is 1.92 bits per heavy atom. The van der Waals surface area contributed by atoms with Crippen LogP contribution in [-0.4, -0.2) is 25.5 Å². The molecule has 2 fully saturated rings. The normalized spacial score (nSPS) is 28.6. The maximum atomic E-state index is 12.7. The van der Waals surface area contributed by atoms with Crippen molar-refractivity contribution in [1.82, 2.24) is 4.72 Å². The Morgan fingerprint density at radius 3 is 2.64 bits per heavy atom. The number of carbonyl (C=O) groups is 1. The SMILES string of the molecule is O=C(O)CCCC=C[C@H]1[C@@H]2CC[C@@H](C2)[C@@H]1NS(=O)(=O)c1ccccc1. The number of benzene rings is 1. The first-order valence-electron chi connectivity index (χ1n) is 8.93. The van der Waals surface area contributed by atoms with Gasteiger partial charge in [0.2, 0.25) is 10.0 Å². The van der Waals surface area contributed by atoms with Gasteiger partial charge in [0.15, 0.2) is 0 Å². The summed E-state index contributed by atoms with van der Waals surface area (Å²) in [6.07, 6.45) is 8.96. The quantitative estimate of drug-likeness (QED) is 0.549. The van der Waals surface area contributed by atoms with Crippen LogP contribution in [0.2, 0.25) is 0 Å². The number of hydrogen-bond donors (Lipinski definition) is 2. The number of rotatable bonds is 8. The predicted octanol–water partition coefficient (Wildman–Crippen LogP) is 3.19. The zero-order valence-corrected chi connectivity index (χ0v) is 15.0. The summed E-state index contributed by atoms with van der Waals surface area (Å²) >= 11 is 0. The van der Waals surface area contributed by atoms with Crippen LogP contribution in [0.4, 0.5) is 0 Å². The highest BCUT2D eigenvalue weighted by molar-refractivity contribution is 7.89. The fourth-order valence-electron chi connectivity index (χ4n) is 4.26. The smallest absolute Gasteiger partial charge is 0.303 e. The Kier molecular flexibility index (Phi) is 5.59. The van der Waals surface area contributed by atoms with Crippen molar-refractivity contribution in [1.29, 1.82) is 0 Å². The molecule has 4 atom stereocenters. The van der Waals surface area contributed by atoms with Crippen molar-refractivity contribution in [2.24, 2.45) is 17.8 Å². The van der Waals surface area contributed by atoms with Gasteiger partial charge in [0.25, 0.3) is 0 Å². The van der Waals surface area contributed by atoms with Crippen LogP contribution >= 0.6 is 0 Å². The van der Waals surface area contributed by atoms with Gasteiger partial charge >= 0.3 is 5.97 Å². The fourth-order valence-corrected chi connectivity index (χ4v) is 5.62. The van der Waals surface area contributed by atoms with Gasteiger partial charge in [0.1, 0.15) is 0 Å². The summed E-state index contributed by atoms with van der Waals surface area (Å²) in [5.74, 6) is 0.366. The van der Waals surface area contributed by atoms with Crippen molar-refractivity contribution in [3.8, 4) is 0 Å². The highest BCUT2D eigenvalue weighted by Crippen LogP contribution is 2.49. The lowest BCUT2D eigenvalue weighted by Gasteiger charge is -2.29. The standard InChI is InChI=1S/C19H25NO4S/c21-18(22)10-6-2-5-9-17-14-11-12-15(13-14)19(17)20-25(23,24)16-7-3-1-4-8-16/h1,3-5,7-9,14-15,17,19-20H,2,6,10-13H2,(H,21,22)/t14-,15+,17+,19+/m1/s1. The zero-order valence-electron chi connectivity index (χ0n) is 14.2. The molecule has 0 heterocycles. The van der Waals surface area contributed by atoms with Crippen LogP contribution in [0.25, 0.3) is 0 Å². The lowest BCUT2D eigenvalue weighted by atomic mass is 9.84. The van der Waals surface area contributed by atoms with E-state index in [-0.39, 0.29) is 18.4 Å². The van der Waals surface area contributed by atoms with Crippen molar-refractivity contribution < 1.29 is 18.3 Å². The van der Waals surface area contributed by atoms with Gasteiger partial charge < -0.3 is 5.11 Å². The Labute approximate surface area is 149 Å². The molecule has 2 bridgehead atoms. The average molecular weight is 363 g/mol. The molecule has 0 unspecified atom stereocenters. The number of nitrogens with one attached hydrogen (secondary N) is 1. The third kappa shape index (κ3) is 4.30.